The average molecular weight is 456 g/mol. The first-order valence-electron chi connectivity index (χ1n) is 12.1. The van der Waals surface area contributed by atoms with Crippen molar-refractivity contribution in [3.8, 4) is 0 Å². The highest BCUT2D eigenvalue weighted by Crippen LogP contribution is 2.44. The van der Waals surface area contributed by atoms with Gasteiger partial charge in [-0.1, -0.05) is 32.0 Å². The zero-order chi connectivity index (χ0) is 23.4. The van der Waals surface area contributed by atoms with Crippen LogP contribution < -0.4 is 5.32 Å². The van der Waals surface area contributed by atoms with Crippen LogP contribution in [0.15, 0.2) is 24.3 Å². The Morgan fingerprint density at radius 3 is 2.64 bits per heavy atom. The summed E-state index contributed by atoms with van der Waals surface area (Å²) in [7, 11) is 0. The summed E-state index contributed by atoms with van der Waals surface area (Å²) in [5.74, 6) is -0.790. The third-order valence-corrected chi connectivity index (χ3v) is 7.93. The molecule has 2 unspecified atom stereocenters. The Morgan fingerprint density at radius 2 is 1.97 bits per heavy atom. The van der Waals surface area contributed by atoms with Gasteiger partial charge in [0.15, 0.2) is 0 Å². The van der Waals surface area contributed by atoms with E-state index in [9.17, 15) is 19.5 Å². The lowest BCUT2D eigenvalue weighted by Crippen LogP contribution is -2.62. The Bertz CT molecular complexity index is 965. The van der Waals surface area contributed by atoms with Gasteiger partial charge in [0, 0.05) is 18.7 Å². The number of benzene rings is 1. The van der Waals surface area contributed by atoms with Crippen molar-refractivity contribution in [2.24, 2.45) is 11.8 Å². The number of fused-ring (bicyclic) bond motifs is 3. The minimum Gasteiger partial charge on any atom is -0.391 e. The first-order chi connectivity index (χ1) is 15.8. The van der Waals surface area contributed by atoms with E-state index in [1.807, 2.05) is 39.0 Å². The van der Waals surface area contributed by atoms with Crippen molar-refractivity contribution >= 4 is 17.7 Å². The molecule has 8 nitrogen and oxygen atoms in total. The normalized spacial score (nSPS) is 33.7. The molecular weight excluding hydrogens is 422 g/mol. The van der Waals surface area contributed by atoms with Crippen LogP contribution >= 0.6 is 0 Å². The first-order valence-corrected chi connectivity index (χ1v) is 12.1. The van der Waals surface area contributed by atoms with Gasteiger partial charge < -0.3 is 25.0 Å². The van der Waals surface area contributed by atoms with E-state index in [-0.39, 0.29) is 41.7 Å². The number of piperidine rings is 1. The maximum atomic E-state index is 14.0. The molecule has 3 aliphatic heterocycles. The van der Waals surface area contributed by atoms with Crippen molar-refractivity contribution in [1.82, 2.24) is 15.1 Å². The lowest BCUT2D eigenvalue weighted by Gasteiger charge is -2.41. The number of aliphatic hydroxyl groups is 1. The Balaban J connectivity index is 1.41. The van der Waals surface area contributed by atoms with Crippen LogP contribution in [-0.4, -0.2) is 75.6 Å². The van der Waals surface area contributed by atoms with E-state index < -0.39 is 24.2 Å². The highest BCUT2D eigenvalue weighted by Gasteiger charge is 2.57. The largest absolute Gasteiger partial charge is 0.391 e. The highest BCUT2D eigenvalue weighted by molar-refractivity contribution is 6.02. The van der Waals surface area contributed by atoms with Gasteiger partial charge in [-0.3, -0.25) is 14.4 Å². The van der Waals surface area contributed by atoms with Gasteiger partial charge in [0.1, 0.15) is 12.1 Å². The third-order valence-electron chi connectivity index (χ3n) is 7.93. The minimum atomic E-state index is -0.694. The molecule has 2 N–H and O–H groups in total. The van der Waals surface area contributed by atoms with Gasteiger partial charge in [-0.25, -0.2) is 0 Å². The van der Waals surface area contributed by atoms with E-state index in [1.54, 1.807) is 15.9 Å². The van der Waals surface area contributed by atoms with Crippen molar-refractivity contribution in [1.29, 1.82) is 0 Å². The molecule has 0 spiro atoms. The quantitative estimate of drug-likeness (QED) is 0.698. The van der Waals surface area contributed by atoms with Gasteiger partial charge in [0.2, 0.25) is 11.8 Å². The number of ether oxygens (including phenoxy) is 1. The Morgan fingerprint density at radius 1 is 1.21 bits per heavy atom. The molecule has 1 aromatic rings. The predicted octanol–water partition coefficient (Wildman–Crippen LogP) is 1.31. The smallest absolute Gasteiger partial charge is 0.255 e. The van der Waals surface area contributed by atoms with Gasteiger partial charge in [0.25, 0.3) is 5.91 Å². The SMILES string of the molecule is CC(C)[C@@H](C(=O)N1C2CC(C[C@@H]2O)[C@@H]1C(=O)N[C@H]1CCO[C@H]1C)N1Cc2ccccc2C1=O. The Hall–Kier alpha value is -2.45. The topological polar surface area (TPSA) is 99.2 Å². The van der Waals surface area contributed by atoms with E-state index in [4.69, 9.17) is 4.74 Å². The van der Waals surface area contributed by atoms with Gasteiger partial charge in [-0.15, -0.1) is 0 Å². The Kier molecular flexibility index (Phi) is 5.69. The molecule has 3 amide bonds. The number of amides is 3. The average Bonchev–Trinajstić information content (AvgIpc) is 3.52. The molecule has 3 fully saturated rings. The van der Waals surface area contributed by atoms with E-state index >= 15 is 0 Å². The van der Waals surface area contributed by atoms with E-state index in [0.717, 1.165) is 12.0 Å². The first kappa shape index (κ1) is 22.3. The lowest BCUT2D eigenvalue weighted by molar-refractivity contribution is -0.151. The monoisotopic (exact) mass is 455 g/mol. The Labute approximate surface area is 194 Å². The van der Waals surface area contributed by atoms with E-state index in [0.29, 0.717) is 31.6 Å². The number of nitrogens with zero attached hydrogens (tertiary/aromatic N) is 2. The molecule has 178 valence electrons. The number of rotatable bonds is 5. The zero-order valence-electron chi connectivity index (χ0n) is 19.4. The van der Waals surface area contributed by atoms with Crippen LogP contribution in [0.5, 0.6) is 0 Å². The van der Waals surface area contributed by atoms with Crippen LogP contribution in [0, 0.1) is 11.8 Å². The molecule has 8 heteroatoms. The van der Waals surface area contributed by atoms with Gasteiger partial charge in [-0.2, -0.15) is 0 Å². The molecule has 4 aliphatic rings. The number of hydrogen-bond acceptors (Lipinski definition) is 5. The summed E-state index contributed by atoms with van der Waals surface area (Å²) in [6, 6.07) is 5.65. The summed E-state index contributed by atoms with van der Waals surface area (Å²) in [6.45, 7) is 6.78. The van der Waals surface area contributed by atoms with Crippen LogP contribution in [-0.2, 0) is 20.9 Å². The molecule has 1 aliphatic carbocycles. The molecule has 7 atom stereocenters. The fraction of sp³-hybridized carbons (Fsp3) is 0.640. The molecule has 5 rings (SSSR count). The fourth-order valence-corrected chi connectivity index (χ4v) is 6.28. The second-order valence-electron chi connectivity index (χ2n) is 10.3. The van der Waals surface area contributed by atoms with E-state index in [1.165, 1.54) is 0 Å². The molecule has 33 heavy (non-hydrogen) atoms. The number of nitrogens with one attached hydrogen (secondary N) is 1. The number of hydrogen-bond donors (Lipinski definition) is 2. The molecule has 0 radical (unpaired) electrons. The number of likely N-dealkylation sites (tertiary alicyclic amines) is 1. The molecule has 3 heterocycles. The van der Waals surface area contributed by atoms with Crippen LogP contribution in [0.2, 0.25) is 0 Å². The van der Waals surface area contributed by atoms with Crippen molar-refractivity contribution in [2.45, 2.75) is 83.0 Å². The predicted molar refractivity (Wildman–Crippen MR) is 120 cm³/mol. The summed E-state index contributed by atoms with van der Waals surface area (Å²) in [5, 5.41) is 13.7. The van der Waals surface area contributed by atoms with Gasteiger partial charge in [-0.05, 0) is 49.7 Å². The van der Waals surface area contributed by atoms with Gasteiger partial charge in [0.05, 0.1) is 24.3 Å². The molecule has 1 aromatic carbocycles. The summed E-state index contributed by atoms with van der Waals surface area (Å²) in [4.78, 5) is 43.9. The van der Waals surface area contributed by atoms with E-state index in [2.05, 4.69) is 5.32 Å². The maximum Gasteiger partial charge on any atom is 0.255 e. The van der Waals surface area contributed by atoms with Crippen molar-refractivity contribution in [3.05, 3.63) is 35.4 Å². The lowest BCUT2D eigenvalue weighted by atomic mass is 9.93. The summed E-state index contributed by atoms with van der Waals surface area (Å²) < 4.78 is 5.58. The van der Waals surface area contributed by atoms with Crippen molar-refractivity contribution < 1.29 is 24.2 Å². The minimum absolute atomic E-state index is 0.0635. The molecule has 2 bridgehead atoms. The van der Waals surface area contributed by atoms with Crippen LogP contribution in [0.1, 0.15) is 56.0 Å². The van der Waals surface area contributed by atoms with Crippen LogP contribution in [0.3, 0.4) is 0 Å². The third kappa shape index (κ3) is 3.64. The van der Waals surface area contributed by atoms with Crippen LogP contribution in [0.25, 0.3) is 0 Å². The molecule has 1 saturated carbocycles. The summed E-state index contributed by atoms with van der Waals surface area (Å²) in [6.07, 6.45) is 1.17. The highest BCUT2D eigenvalue weighted by atomic mass is 16.5. The molecular formula is C25H33N3O5. The van der Waals surface area contributed by atoms with Crippen molar-refractivity contribution in [3.63, 3.8) is 0 Å². The van der Waals surface area contributed by atoms with Crippen LogP contribution in [0.4, 0.5) is 0 Å². The molecule has 2 saturated heterocycles. The number of aliphatic hydroxyl groups excluding tert-OH is 1. The molecule has 0 aromatic heterocycles. The van der Waals surface area contributed by atoms with Crippen molar-refractivity contribution in [2.75, 3.05) is 6.61 Å². The standard InChI is InChI=1S/C25H33N3O5/c1-13(2)21(27-12-15-6-4-5-7-17(15)24(27)31)25(32)28-19-10-16(11-20(19)29)22(28)23(30)26-18-8-9-33-14(18)3/h4-7,13-14,16,18-22,29H,8-12H2,1-3H3,(H,26,30)/t14-,16?,18-,19?,20-,21-,22+/m0/s1. The zero-order valence-corrected chi connectivity index (χ0v) is 19.4. The summed E-state index contributed by atoms with van der Waals surface area (Å²) in [5.41, 5.74) is 1.54. The number of carbonyl (C=O) groups excluding carboxylic acids is 3. The number of carbonyl (C=O) groups is 3. The van der Waals surface area contributed by atoms with Gasteiger partial charge >= 0.3 is 0 Å². The maximum absolute atomic E-state index is 14.0. The second-order valence-corrected chi connectivity index (χ2v) is 10.3. The second kappa shape index (κ2) is 8.40. The fourth-order valence-electron chi connectivity index (χ4n) is 6.28. The summed E-state index contributed by atoms with van der Waals surface area (Å²) >= 11 is 0.